The largest absolute Gasteiger partial charge is 0.479 e. The van der Waals surface area contributed by atoms with Crippen molar-refractivity contribution in [2.24, 2.45) is 5.41 Å². The molecule has 0 unspecified atom stereocenters. The third-order valence-electron chi connectivity index (χ3n) is 5.55. The van der Waals surface area contributed by atoms with E-state index >= 15 is 0 Å². The highest BCUT2D eigenvalue weighted by atomic mass is 16.5. The molecule has 0 saturated carbocycles. The number of carboxylic acid groups (broad SMARTS) is 1. The molecule has 1 aliphatic rings. The maximum Gasteiger partial charge on any atom is 0.337 e. The SMILES string of the molecule is Cc1cc2ccccc2c(C2=CCC(C)(C)CC2)c1[C@H](OC(C)(C)C)C(=O)O. The normalized spacial score (nSPS) is 18.0. The van der Waals surface area contributed by atoms with E-state index < -0.39 is 17.7 Å². The average molecular weight is 381 g/mol. The number of carboxylic acids is 1. The third kappa shape index (κ3) is 4.30. The van der Waals surface area contributed by atoms with Crippen molar-refractivity contribution in [1.82, 2.24) is 0 Å². The maximum absolute atomic E-state index is 12.3. The second kappa shape index (κ2) is 7.36. The molecule has 2 aromatic carbocycles. The Labute approximate surface area is 168 Å². The summed E-state index contributed by atoms with van der Waals surface area (Å²) in [6.45, 7) is 12.3. The van der Waals surface area contributed by atoms with Gasteiger partial charge in [-0.15, -0.1) is 0 Å². The molecule has 0 spiro atoms. The summed E-state index contributed by atoms with van der Waals surface area (Å²) < 4.78 is 6.06. The Hall–Kier alpha value is -2.13. The Morgan fingerprint density at radius 1 is 1.21 bits per heavy atom. The van der Waals surface area contributed by atoms with Crippen molar-refractivity contribution < 1.29 is 14.6 Å². The second-order valence-corrected chi connectivity index (χ2v) is 9.75. The van der Waals surface area contributed by atoms with Crippen LogP contribution in [0.2, 0.25) is 0 Å². The number of hydrogen-bond acceptors (Lipinski definition) is 2. The molecule has 28 heavy (non-hydrogen) atoms. The van der Waals surface area contributed by atoms with Crippen LogP contribution in [-0.4, -0.2) is 16.7 Å². The van der Waals surface area contributed by atoms with Crippen molar-refractivity contribution in [3.63, 3.8) is 0 Å². The Morgan fingerprint density at radius 2 is 1.89 bits per heavy atom. The lowest BCUT2D eigenvalue weighted by molar-refractivity contribution is -0.160. The first kappa shape index (κ1) is 20.6. The van der Waals surface area contributed by atoms with Crippen LogP contribution in [0.25, 0.3) is 16.3 Å². The van der Waals surface area contributed by atoms with Crippen molar-refractivity contribution in [3.05, 3.63) is 53.1 Å². The molecule has 150 valence electrons. The number of benzene rings is 2. The minimum absolute atomic E-state index is 0.289. The summed E-state index contributed by atoms with van der Waals surface area (Å²) in [7, 11) is 0. The van der Waals surface area contributed by atoms with Gasteiger partial charge in [-0.1, -0.05) is 50.3 Å². The predicted molar refractivity (Wildman–Crippen MR) is 116 cm³/mol. The molecule has 3 heteroatoms. The number of carbonyl (C=O) groups is 1. The van der Waals surface area contributed by atoms with Gasteiger partial charge in [0.15, 0.2) is 6.10 Å². The number of aryl methyl sites for hydroxylation is 1. The molecule has 0 heterocycles. The van der Waals surface area contributed by atoms with Gasteiger partial charge in [0.2, 0.25) is 0 Å². The minimum Gasteiger partial charge on any atom is -0.479 e. The Kier molecular flexibility index (Phi) is 5.42. The van der Waals surface area contributed by atoms with Crippen LogP contribution in [0.4, 0.5) is 0 Å². The van der Waals surface area contributed by atoms with Gasteiger partial charge in [0, 0.05) is 5.56 Å². The summed E-state index contributed by atoms with van der Waals surface area (Å²) >= 11 is 0. The fraction of sp³-hybridized carbons (Fsp3) is 0.480. The van der Waals surface area contributed by atoms with Crippen LogP contribution in [-0.2, 0) is 9.53 Å². The highest BCUT2D eigenvalue weighted by molar-refractivity contribution is 5.98. The van der Waals surface area contributed by atoms with Crippen LogP contribution in [0.15, 0.2) is 36.4 Å². The van der Waals surface area contributed by atoms with E-state index in [2.05, 4.69) is 38.1 Å². The van der Waals surface area contributed by atoms with Gasteiger partial charge in [0.1, 0.15) is 0 Å². The molecule has 3 rings (SSSR count). The monoisotopic (exact) mass is 380 g/mol. The fourth-order valence-corrected chi connectivity index (χ4v) is 4.08. The van der Waals surface area contributed by atoms with Gasteiger partial charge in [-0.25, -0.2) is 4.79 Å². The quantitative estimate of drug-likeness (QED) is 0.643. The first-order valence-corrected chi connectivity index (χ1v) is 10.1. The van der Waals surface area contributed by atoms with E-state index in [-0.39, 0.29) is 5.41 Å². The molecule has 0 radical (unpaired) electrons. The van der Waals surface area contributed by atoms with Crippen LogP contribution in [0.3, 0.4) is 0 Å². The Balaban J connectivity index is 2.28. The first-order valence-electron chi connectivity index (χ1n) is 10.1. The van der Waals surface area contributed by atoms with E-state index in [4.69, 9.17) is 4.74 Å². The van der Waals surface area contributed by atoms with Crippen molar-refractivity contribution in [1.29, 1.82) is 0 Å². The summed E-state index contributed by atoms with van der Waals surface area (Å²) in [5.41, 5.74) is 3.81. The predicted octanol–water partition coefficient (Wildman–Crippen LogP) is 6.68. The van der Waals surface area contributed by atoms with Crippen molar-refractivity contribution in [2.45, 2.75) is 72.5 Å². The molecule has 0 fully saturated rings. The van der Waals surface area contributed by atoms with E-state index in [1.165, 1.54) is 5.57 Å². The summed E-state index contributed by atoms with van der Waals surface area (Å²) in [4.78, 5) is 12.3. The topological polar surface area (TPSA) is 46.5 Å². The van der Waals surface area contributed by atoms with Gasteiger partial charge in [0.05, 0.1) is 5.60 Å². The highest BCUT2D eigenvalue weighted by Crippen LogP contribution is 2.44. The minimum atomic E-state index is -0.990. The zero-order chi connectivity index (χ0) is 20.7. The van der Waals surface area contributed by atoms with Crippen molar-refractivity contribution >= 4 is 22.3 Å². The van der Waals surface area contributed by atoms with Gasteiger partial charge in [-0.05, 0) is 79.8 Å². The van der Waals surface area contributed by atoms with E-state index in [0.29, 0.717) is 0 Å². The zero-order valence-corrected chi connectivity index (χ0v) is 17.9. The third-order valence-corrected chi connectivity index (χ3v) is 5.55. The second-order valence-electron chi connectivity index (χ2n) is 9.75. The molecule has 0 saturated heterocycles. The Morgan fingerprint density at radius 3 is 2.46 bits per heavy atom. The van der Waals surface area contributed by atoms with Crippen LogP contribution in [0.5, 0.6) is 0 Å². The molecule has 1 atom stereocenters. The summed E-state index contributed by atoms with van der Waals surface area (Å²) in [6.07, 6.45) is 4.37. The average Bonchev–Trinajstić information content (AvgIpc) is 2.58. The highest BCUT2D eigenvalue weighted by Gasteiger charge is 2.33. The lowest BCUT2D eigenvalue weighted by Crippen LogP contribution is -2.28. The van der Waals surface area contributed by atoms with Crippen LogP contribution in [0, 0.1) is 12.3 Å². The molecule has 1 aliphatic carbocycles. The van der Waals surface area contributed by atoms with Crippen LogP contribution < -0.4 is 0 Å². The summed E-state index contributed by atoms with van der Waals surface area (Å²) in [6, 6.07) is 10.3. The number of allylic oxidation sites excluding steroid dienone is 2. The van der Waals surface area contributed by atoms with E-state index in [1.807, 2.05) is 39.8 Å². The van der Waals surface area contributed by atoms with Crippen LogP contribution in [0.1, 0.15) is 76.7 Å². The van der Waals surface area contributed by atoms with Crippen molar-refractivity contribution in [3.8, 4) is 0 Å². The Bertz CT molecular complexity index is 929. The van der Waals surface area contributed by atoms with E-state index in [1.54, 1.807) is 0 Å². The zero-order valence-electron chi connectivity index (χ0n) is 17.9. The number of rotatable bonds is 4. The number of aliphatic carboxylic acids is 1. The molecule has 0 bridgehead atoms. The molecule has 3 nitrogen and oxygen atoms in total. The van der Waals surface area contributed by atoms with Gasteiger partial charge in [-0.2, -0.15) is 0 Å². The van der Waals surface area contributed by atoms with Crippen molar-refractivity contribution in [2.75, 3.05) is 0 Å². The van der Waals surface area contributed by atoms with Gasteiger partial charge < -0.3 is 9.84 Å². The lowest BCUT2D eigenvalue weighted by Gasteiger charge is -2.32. The molecule has 2 aromatic rings. The van der Waals surface area contributed by atoms with Gasteiger partial charge >= 0.3 is 5.97 Å². The molecule has 0 amide bonds. The van der Waals surface area contributed by atoms with Gasteiger partial charge in [0.25, 0.3) is 0 Å². The molecule has 1 N–H and O–H groups in total. The fourth-order valence-electron chi connectivity index (χ4n) is 4.08. The standard InChI is InChI=1S/C25H32O3/c1-16-15-18-9-7-8-10-19(18)21(17-11-13-25(5,6)14-12-17)20(16)22(23(26)27)28-24(2,3)4/h7-11,15,22H,12-14H2,1-6H3,(H,26,27)/t22-/m0/s1. The number of fused-ring (bicyclic) bond motifs is 1. The van der Waals surface area contributed by atoms with Crippen LogP contribution >= 0.6 is 0 Å². The van der Waals surface area contributed by atoms with E-state index in [9.17, 15) is 9.90 Å². The van der Waals surface area contributed by atoms with E-state index in [0.717, 1.165) is 46.7 Å². The molecule has 0 aromatic heterocycles. The summed E-state index contributed by atoms with van der Waals surface area (Å²) in [5, 5.41) is 12.3. The summed E-state index contributed by atoms with van der Waals surface area (Å²) in [5.74, 6) is -0.939. The lowest BCUT2D eigenvalue weighted by atomic mass is 9.75. The number of hydrogen-bond donors (Lipinski definition) is 1. The van der Waals surface area contributed by atoms with Gasteiger partial charge in [-0.3, -0.25) is 0 Å². The number of ether oxygens (including phenoxy) is 1. The molecular formula is C25H32O3. The molecular weight excluding hydrogens is 348 g/mol. The smallest absolute Gasteiger partial charge is 0.337 e. The first-order chi connectivity index (χ1) is 13.0. The maximum atomic E-state index is 12.3. The molecule has 0 aliphatic heterocycles.